The number of thiazole rings is 2. The van der Waals surface area contributed by atoms with Crippen molar-refractivity contribution in [1.82, 2.24) is 9.55 Å². The van der Waals surface area contributed by atoms with Crippen LogP contribution in [0.2, 0.25) is 5.02 Å². The van der Waals surface area contributed by atoms with Crippen molar-refractivity contribution in [3.63, 3.8) is 0 Å². The van der Waals surface area contributed by atoms with E-state index >= 15 is 0 Å². The van der Waals surface area contributed by atoms with Crippen molar-refractivity contribution in [1.29, 1.82) is 0 Å². The molecule has 4 aromatic rings. The average Bonchev–Trinajstić information content (AvgIpc) is 3.55. The molecular formula is C23H14ClF3N4O2S2. The van der Waals surface area contributed by atoms with E-state index < -0.39 is 16.6 Å². The highest BCUT2D eigenvalue weighted by molar-refractivity contribution is 7.11. The van der Waals surface area contributed by atoms with E-state index in [2.05, 4.69) is 15.2 Å². The molecule has 178 valence electrons. The maximum atomic E-state index is 13.8. The van der Waals surface area contributed by atoms with E-state index in [1.165, 1.54) is 29.7 Å². The van der Waals surface area contributed by atoms with Gasteiger partial charge >= 0.3 is 11.0 Å². The highest BCUT2D eigenvalue weighted by Gasteiger charge is 2.34. The molecule has 3 heterocycles. The molecule has 5 rings (SSSR count). The fraction of sp³-hybridized carbons (Fsp3) is 0.130. The number of alkyl halides is 3. The average molecular weight is 535 g/mol. The number of aromatic hydroxyl groups is 1. The molecule has 0 aliphatic carbocycles. The van der Waals surface area contributed by atoms with E-state index in [0.29, 0.717) is 26.7 Å². The Hall–Kier alpha value is -3.28. The van der Waals surface area contributed by atoms with Gasteiger partial charge in [-0.05, 0) is 40.6 Å². The highest BCUT2D eigenvalue weighted by Crippen LogP contribution is 2.37. The third-order valence-electron chi connectivity index (χ3n) is 5.40. The summed E-state index contributed by atoms with van der Waals surface area (Å²) in [4.78, 5) is 16.7. The van der Waals surface area contributed by atoms with Gasteiger partial charge in [0.2, 0.25) is 5.88 Å². The highest BCUT2D eigenvalue weighted by atomic mass is 35.5. The SMILES string of the molecule is O=c1sc(C(Cc2ccc(Cl)cc2C(F)(F)F)=c2ccc3c(c2)C=NN=3)c(O)n1Cc1nccs1. The zero-order chi connectivity index (χ0) is 24.7. The molecule has 1 N–H and O–H groups in total. The van der Waals surface area contributed by atoms with Crippen LogP contribution in [0.3, 0.4) is 0 Å². The van der Waals surface area contributed by atoms with Crippen LogP contribution < -0.4 is 15.4 Å². The first-order chi connectivity index (χ1) is 16.7. The first kappa shape index (κ1) is 23.5. The van der Waals surface area contributed by atoms with Crippen LogP contribution in [-0.2, 0) is 19.1 Å². The van der Waals surface area contributed by atoms with Crippen LogP contribution in [-0.4, -0.2) is 20.9 Å². The summed E-state index contributed by atoms with van der Waals surface area (Å²) in [5.74, 6) is -0.327. The molecule has 12 heteroatoms. The molecule has 35 heavy (non-hydrogen) atoms. The summed E-state index contributed by atoms with van der Waals surface area (Å²) in [5.41, 5.74) is 0.122. The molecule has 0 amide bonds. The van der Waals surface area contributed by atoms with Crippen molar-refractivity contribution in [2.75, 3.05) is 0 Å². The van der Waals surface area contributed by atoms with Gasteiger partial charge in [-0.3, -0.25) is 9.36 Å². The van der Waals surface area contributed by atoms with Crippen molar-refractivity contribution in [2.45, 2.75) is 19.1 Å². The second kappa shape index (κ2) is 9.06. The Bertz CT molecular complexity index is 1640. The lowest BCUT2D eigenvalue weighted by Gasteiger charge is -2.15. The predicted octanol–water partition coefficient (Wildman–Crippen LogP) is 4.20. The Labute approximate surface area is 208 Å². The molecule has 6 nitrogen and oxygen atoms in total. The lowest BCUT2D eigenvalue weighted by Crippen LogP contribution is -2.17. The first-order valence-corrected chi connectivity index (χ1v) is 12.2. The lowest BCUT2D eigenvalue weighted by molar-refractivity contribution is -0.138. The van der Waals surface area contributed by atoms with E-state index in [1.807, 2.05) is 0 Å². The van der Waals surface area contributed by atoms with Gasteiger partial charge in [0.25, 0.3) is 0 Å². The van der Waals surface area contributed by atoms with Gasteiger partial charge in [0.05, 0.1) is 28.6 Å². The molecule has 0 atom stereocenters. The Morgan fingerprint density at radius 2 is 2.00 bits per heavy atom. The third-order valence-corrected chi connectivity index (χ3v) is 7.43. The summed E-state index contributed by atoms with van der Waals surface area (Å²) >= 11 is 7.95. The molecule has 0 saturated carbocycles. The number of halogens is 4. The standard InChI is InChI=1S/C23H14ClF3N4O2S2/c24-15-3-1-13(17(9-15)23(25,26)27)8-16(12-2-4-18-14(7-12)10-29-30-18)20-21(32)31(22(33)35-20)11-19-28-5-6-34-19/h1-7,9-10,32H,8,11H2. The van der Waals surface area contributed by atoms with Gasteiger partial charge in [0.15, 0.2) is 0 Å². The largest absolute Gasteiger partial charge is 0.493 e. The monoisotopic (exact) mass is 534 g/mol. The molecule has 0 bridgehead atoms. The van der Waals surface area contributed by atoms with Crippen molar-refractivity contribution >= 4 is 46.1 Å². The van der Waals surface area contributed by atoms with E-state index in [9.17, 15) is 23.1 Å². The minimum Gasteiger partial charge on any atom is -0.493 e. The molecule has 1 aliphatic rings. The Morgan fingerprint density at radius 3 is 2.74 bits per heavy atom. The maximum absolute atomic E-state index is 13.8. The van der Waals surface area contributed by atoms with Gasteiger partial charge in [-0.15, -0.1) is 11.3 Å². The lowest BCUT2D eigenvalue weighted by atomic mass is 9.96. The van der Waals surface area contributed by atoms with E-state index in [-0.39, 0.29) is 34.3 Å². The fourth-order valence-corrected chi connectivity index (χ4v) is 5.49. The topological polar surface area (TPSA) is 79.8 Å². The third kappa shape index (κ3) is 4.66. The van der Waals surface area contributed by atoms with E-state index in [4.69, 9.17) is 11.6 Å². The minimum absolute atomic E-state index is 0.0394. The van der Waals surface area contributed by atoms with E-state index in [1.54, 1.807) is 29.8 Å². The Morgan fingerprint density at radius 1 is 1.17 bits per heavy atom. The number of fused-ring (bicyclic) bond motifs is 1. The van der Waals surface area contributed by atoms with Gasteiger partial charge in [0, 0.05) is 28.6 Å². The van der Waals surface area contributed by atoms with Crippen LogP contribution in [0.1, 0.15) is 26.6 Å². The van der Waals surface area contributed by atoms with E-state index in [0.717, 1.165) is 22.0 Å². The number of hydrogen-bond acceptors (Lipinski definition) is 7. The fourth-order valence-electron chi connectivity index (χ4n) is 3.76. The van der Waals surface area contributed by atoms with Crippen molar-refractivity contribution in [3.05, 3.63) is 99.8 Å². The summed E-state index contributed by atoms with van der Waals surface area (Å²) in [6.07, 6.45) is -1.72. The maximum Gasteiger partial charge on any atom is 0.416 e. The number of aromatic nitrogens is 2. The quantitative estimate of drug-likeness (QED) is 0.417. The Balaban J connectivity index is 1.71. The van der Waals surface area contributed by atoms with Crippen LogP contribution in [0.4, 0.5) is 13.2 Å². The van der Waals surface area contributed by atoms with Crippen molar-refractivity contribution in [3.8, 4) is 5.88 Å². The van der Waals surface area contributed by atoms with Gasteiger partial charge in [0.1, 0.15) is 5.01 Å². The van der Waals surface area contributed by atoms with Crippen molar-refractivity contribution in [2.24, 2.45) is 10.2 Å². The zero-order valence-corrected chi connectivity index (χ0v) is 20.0. The van der Waals surface area contributed by atoms with Gasteiger partial charge < -0.3 is 5.11 Å². The Kier molecular flexibility index (Phi) is 6.07. The smallest absolute Gasteiger partial charge is 0.416 e. The molecule has 0 fully saturated rings. The molecule has 0 saturated heterocycles. The summed E-state index contributed by atoms with van der Waals surface area (Å²) in [6.45, 7) is 0.0522. The minimum atomic E-state index is -4.64. The number of nitrogens with zero attached hydrogens (tertiary/aromatic N) is 4. The normalized spacial score (nSPS) is 13.6. The van der Waals surface area contributed by atoms with Crippen molar-refractivity contribution < 1.29 is 18.3 Å². The van der Waals surface area contributed by atoms with Gasteiger partial charge in [-0.1, -0.05) is 35.1 Å². The van der Waals surface area contributed by atoms with Gasteiger partial charge in [-0.2, -0.15) is 23.4 Å². The first-order valence-electron chi connectivity index (χ1n) is 10.1. The molecule has 0 spiro atoms. The second-order valence-electron chi connectivity index (χ2n) is 7.61. The number of rotatable bonds is 5. The van der Waals surface area contributed by atoms with Crippen LogP contribution in [0, 0.1) is 0 Å². The molecule has 2 aromatic heterocycles. The predicted molar refractivity (Wildman–Crippen MR) is 129 cm³/mol. The molecule has 2 aromatic carbocycles. The van der Waals surface area contributed by atoms with Gasteiger partial charge in [-0.25, -0.2) is 4.98 Å². The number of hydrogen-bond donors (Lipinski definition) is 1. The molecule has 1 aliphatic heterocycles. The summed E-state index contributed by atoms with van der Waals surface area (Å²) in [7, 11) is 0. The summed E-state index contributed by atoms with van der Waals surface area (Å²) < 4.78 is 42.6. The molecule has 0 radical (unpaired) electrons. The zero-order valence-electron chi connectivity index (χ0n) is 17.6. The second-order valence-corrected chi connectivity index (χ2v) is 9.98. The van der Waals surface area contributed by atoms with Crippen LogP contribution in [0.25, 0.3) is 5.57 Å². The summed E-state index contributed by atoms with van der Waals surface area (Å²) in [6, 6.07) is 8.66. The van der Waals surface area contributed by atoms with Crippen LogP contribution in [0.5, 0.6) is 5.88 Å². The summed E-state index contributed by atoms with van der Waals surface area (Å²) in [5, 5.41) is 22.3. The molecular weight excluding hydrogens is 521 g/mol. The number of benzene rings is 2. The van der Waals surface area contributed by atoms with Crippen LogP contribution >= 0.6 is 34.3 Å². The van der Waals surface area contributed by atoms with Crippen LogP contribution in [0.15, 0.2) is 63.0 Å². The molecule has 0 unspecified atom stereocenters.